The van der Waals surface area contributed by atoms with Crippen molar-refractivity contribution in [1.29, 1.82) is 0 Å². The smallest absolute Gasteiger partial charge is 0.167 e. The fourth-order valence-corrected chi connectivity index (χ4v) is 1.81. The number of halogens is 2. The van der Waals surface area contributed by atoms with Crippen molar-refractivity contribution in [3.63, 3.8) is 0 Å². The Labute approximate surface area is 101 Å². The highest BCUT2D eigenvalue weighted by molar-refractivity contribution is 9.09. The lowest BCUT2D eigenvalue weighted by Gasteiger charge is -1.94. The number of hydrogen-bond donors (Lipinski definition) is 0. The Bertz CT molecular complexity index is 438. The summed E-state index contributed by atoms with van der Waals surface area (Å²) in [6, 6.07) is 9.46. The van der Waals surface area contributed by atoms with E-state index in [1.807, 2.05) is 30.3 Å². The SMILES string of the molecule is Clc1ccc(-c2cc(CCBr)no2)cc1. The van der Waals surface area contributed by atoms with Gasteiger partial charge >= 0.3 is 0 Å². The highest BCUT2D eigenvalue weighted by atomic mass is 79.9. The maximum absolute atomic E-state index is 5.80. The van der Waals surface area contributed by atoms with Gasteiger partial charge in [0.25, 0.3) is 0 Å². The van der Waals surface area contributed by atoms with Gasteiger partial charge in [-0.15, -0.1) is 0 Å². The number of alkyl halides is 1. The van der Waals surface area contributed by atoms with Gasteiger partial charge in [-0.2, -0.15) is 0 Å². The molecule has 2 aromatic rings. The quantitative estimate of drug-likeness (QED) is 0.799. The van der Waals surface area contributed by atoms with Crippen molar-refractivity contribution in [3.8, 4) is 11.3 Å². The molecule has 0 spiro atoms. The molecule has 0 aliphatic heterocycles. The van der Waals surface area contributed by atoms with Crippen molar-refractivity contribution in [2.24, 2.45) is 0 Å². The zero-order chi connectivity index (χ0) is 10.7. The van der Waals surface area contributed by atoms with Crippen LogP contribution in [0.15, 0.2) is 34.9 Å². The summed E-state index contributed by atoms with van der Waals surface area (Å²) < 4.78 is 5.23. The molecule has 0 unspecified atom stereocenters. The molecule has 0 N–H and O–H groups in total. The minimum absolute atomic E-state index is 0.721. The van der Waals surface area contributed by atoms with Gasteiger partial charge in [0, 0.05) is 28.4 Å². The maximum Gasteiger partial charge on any atom is 0.167 e. The highest BCUT2D eigenvalue weighted by Crippen LogP contribution is 2.22. The van der Waals surface area contributed by atoms with Gasteiger partial charge in [-0.3, -0.25) is 0 Å². The summed E-state index contributed by atoms with van der Waals surface area (Å²) in [6.07, 6.45) is 0.872. The second-order valence-electron chi connectivity index (χ2n) is 3.13. The van der Waals surface area contributed by atoms with Gasteiger partial charge in [0.05, 0.1) is 5.69 Å². The average molecular weight is 287 g/mol. The second-order valence-corrected chi connectivity index (χ2v) is 4.36. The van der Waals surface area contributed by atoms with Crippen molar-refractivity contribution in [2.75, 3.05) is 5.33 Å². The van der Waals surface area contributed by atoms with Gasteiger partial charge in [-0.25, -0.2) is 0 Å². The van der Waals surface area contributed by atoms with Crippen molar-refractivity contribution in [3.05, 3.63) is 41.0 Å². The first kappa shape index (κ1) is 10.7. The molecule has 4 heteroatoms. The molecule has 0 radical (unpaired) electrons. The summed E-state index contributed by atoms with van der Waals surface area (Å²) in [6.45, 7) is 0. The van der Waals surface area contributed by atoms with Crippen LogP contribution in [0.5, 0.6) is 0 Å². The van der Waals surface area contributed by atoms with E-state index in [1.54, 1.807) is 0 Å². The van der Waals surface area contributed by atoms with Crippen LogP contribution < -0.4 is 0 Å². The second kappa shape index (κ2) is 4.81. The van der Waals surface area contributed by atoms with Crippen LogP contribution in [0.2, 0.25) is 5.02 Å². The maximum atomic E-state index is 5.80. The number of aryl methyl sites for hydroxylation is 1. The van der Waals surface area contributed by atoms with Gasteiger partial charge in [0.2, 0.25) is 0 Å². The van der Waals surface area contributed by atoms with Crippen molar-refractivity contribution in [1.82, 2.24) is 5.16 Å². The molecule has 0 saturated carbocycles. The number of rotatable bonds is 3. The lowest BCUT2D eigenvalue weighted by Crippen LogP contribution is -1.82. The van der Waals surface area contributed by atoms with Crippen LogP contribution in [0.1, 0.15) is 5.69 Å². The molecule has 0 atom stereocenters. The predicted octanol–water partition coefficient (Wildman–Crippen LogP) is 3.93. The average Bonchev–Trinajstić information content (AvgIpc) is 2.68. The molecule has 78 valence electrons. The minimum atomic E-state index is 0.721. The Hall–Kier alpha value is -0.800. The summed E-state index contributed by atoms with van der Waals surface area (Å²) >= 11 is 9.16. The third-order valence-corrected chi connectivity index (χ3v) is 2.69. The lowest BCUT2D eigenvalue weighted by atomic mass is 10.1. The molecule has 0 aliphatic carbocycles. The van der Waals surface area contributed by atoms with Crippen LogP contribution >= 0.6 is 27.5 Å². The summed E-state index contributed by atoms with van der Waals surface area (Å²) in [5, 5.41) is 5.58. The fraction of sp³-hybridized carbons (Fsp3) is 0.182. The van der Waals surface area contributed by atoms with Crippen molar-refractivity contribution >= 4 is 27.5 Å². The first-order valence-electron chi connectivity index (χ1n) is 4.57. The molecule has 0 aliphatic rings. The van der Waals surface area contributed by atoms with E-state index < -0.39 is 0 Å². The van der Waals surface area contributed by atoms with Crippen LogP contribution in [0, 0.1) is 0 Å². The zero-order valence-electron chi connectivity index (χ0n) is 7.91. The van der Waals surface area contributed by atoms with Crippen molar-refractivity contribution in [2.45, 2.75) is 6.42 Å². The van der Waals surface area contributed by atoms with E-state index >= 15 is 0 Å². The van der Waals surface area contributed by atoms with Crippen LogP contribution in [0.3, 0.4) is 0 Å². The van der Waals surface area contributed by atoms with E-state index in [2.05, 4.69) is 21.1 Å². The Morgan fingerprint density at radius 1 is 1.27 bits per heavy atom. The molecule has 2 rings (SSSR count). The topological polar surface area (TPSA) is 26.0 Å². The molecule has 0 amide bonds. The van der Waals surface area contributed by atoms with E-state index in [4.69, 9.17) is 16.1 Å². The molecule has 0 fully saturated rings. The Morgan fingerprint density at radius 3 is 2.67 bits per heavy atom. The zero-order valence-corrected chi connectivity index (χ0v) is 10.3. The molecule has 2 nitrogen and oxygen atoms in total. The molecule has 1 aromatic carbocycles. The van der Waals surface area contributed by atoms with Crippen molar-refractivity contribution < 1.29 is 4.52 Å². The highest BCUT2D eigenvalue weighted by Gasteiger charge is 2.05. The fourth-order valence-electron chi connectivity index (χ4n) is 1.28. The van der Waals surface area contributed by atoms with Gasteiger partial charge < -0.3 is 4.52 Å². The number of aromatic nitrogens is 1. The van der Waals surface area contributed by atoms with Gasteiger partial charge in [0.1, 0.15) is 0 Å². The first-order valence-corrected chi connectivity index (χ1v) is 6.07. The third-order valence-electron chi connectivity index (χ3n) is 2.04. The lowest BCUT2D eigenvalue weighted by molar-refractivity contribution is 0.424. The third kappa shape index (κ3) is 2.61. The van der Waals surface area contributed by atoms with Crippen LogP contribution in [-0.4, -0.2) is 10.5 Å². The monoisotopic (exact) mass is 285 g/mol. The summed E-state index contributed by atoms with van der Waals surface area (Å²) in [4.78, 5) is 0. The van der Waals surface area contributed by atoms with Crippen LogP contribution in [-0.2, 0) is 6.42 Å². The van der Waals surface area contributed by atoms with E-state index in [0.29, 0.717) is 0 Å². The standard InChI is InChI=1S/C11H9BrClNO/c12-6-5-10-7-11(15-14-10)8-1-3-9(13)4-2-8/h1-4,7H,5-6H2. The molecule has 0 saturated heterocycles. The van der Waals surface area contributed by atoms with E-state index in [0.717, 1.165) is 33.8 Å². The largest absolute Gasteiger partial charge is 0.356 e. The Balaban J connectivity index is 2.25. The molecule has 15 heavy (non-hydrogen) atoms. The number of hydrogen-bond acceptors (Lipinski definition) is 2. The molecular weight excluding hydrogens is 277 g/mol. The van der Waals surface area contributed by atoms with Gasteiger partial charge in [-0.1, -0.05) is 32.7 Å². The van der Waals surface area contributed by atoms with E-state index in [-0.39, 0.29) is 0 Å². The number of nitrogens with zero attached hydrogens (tertiary/aromatic N) is 1. The Morgan fingerprint density at radius 2 is 2.00 bits per heavy atom. The minimum Gasteiger partial charge on any atom is -0.356 e. The normalized spacial score (nSPS) is 10.5. The summed E-state index contributed by atoms with van der Waals surface area (Å²) in [7, 11) is 0. The predicted molar refractivity (Wildman–Crippen MR) is 64.4 cm³/mol. The van der Waals surface area contributed by atoms with Gasteiger partial charge in [-0.05, 0) is 24.3 Å². The van der Waals surface area contributed by atoms with E-state index in [9.17, 15) is 0 Å². The summed E-state index contributed by atoms with van der Waals surface area (Å²) in [5.74, 6) is 0.780. The number of benzene rings is 1. The molecule has 1 heterocycles. The van der Waals surface area contributed by atoms with E-state index in [1.165, 1.54) is 0 Å². The molecular formula is C11H9BrClNO. The van der Waals surface area contributed by atoms with Crippen LogP contribution in [0.4, 0.5) is 0 Å². The molecule has 0 bridgehead atoms. The van der Waals surface area contributed by atoms with Crippen LogP contribution in [0.25, 0.3) is 11.3 Å². The first-order chi connectivity index (χ1) is 7.29. The Kier molecular flexibility index (Phi) is 3.44. The molecule has 1 aromatic heterocycles. The van der Waals surface area contributed by atoms with Gasteiger partial charge in [0.15, 0.2) is 5.76 Å². The summed E-state index contributed by atoms with van der Waals surface area (Å²) in [5.41, 5.74) is 1.95.